The quantitative estimate of drug-likeness (QED) is 0.569. The normalized spacial score (nSPS) is 10.8. The molecule has 0 atom stereocenters. The molecular formula is C12H25NO. The van der Waals surface area contributed by atoms with Gasteiger partial charge in [-0.25, -0.2) is 0 Å². The highest BCUT2D eigenvalue weighted by Gasteiger charge is 1.96. The number of hydrogen-bond acceptors (Lipinski definition) is 1. The van der Waals surface area contributed by atoms with Crippen LogP contribution in [0.25, 0.3) is 0 Å². The van der Waals surface area contributed by atoms with Gasteiger partial charge < -0.3 is 5.73 Å². The number of rotatable bonds is 9. The van der Waals surface area contributed by atoms with Crippen molar-refractivity contribution in [3.05, 3.63) is 0 Å². The molecule has 2 nitrogen and oxygen atoms in total. The summed E-state index contributed by atoms with van der Waals surface area (Å²) in [5.74, 6) is 0.676. The van der Waals surface area contributed by atoms with E-state index in [1.165, 1.54) is 32.1 Å². The first-order valence-electron chi connectivity index (χ1n) is 5.91. The number of primary amides is 1. The van der Waals surface area contributed by atoms with E-state index in [4.69, 9.17) is 5.73 Å². The van der Waals surface area contributed by atoms with E-state index in [1.807, 2.05) is 0 Å². The molecule has 0 saturated heterocycles. The number of amides is 1. The lowest BCUT2D eigenvalue weighted by molar-refractivity contribution is -0.118. The Bertz CT molecular complexity index is 143. The molecule has 0 rings (SSSR count). The van der Waals surface area contributed by atoms with Crippen LogP contribution in [-0.2, 0) is 4.79 Å². The van der Waals surface area contributed by atoms with Crippen LogP contribution in [0.3, 0.4) is 0 Å². The van der Waals surface area contributed by atoms with E-state index in [1.54, 1.807) is 0 Å². The van der Waals surface area contributed by atoms with Gasteiger partial charge in [0.25, 0.3) is 0 Å². The number of nitrogens with two attached hydrogens (primary N) is 1. The number of hydrogen-bond donors (Lipinski definition) is 1. The minimum absolute atomic E-state index is 0.162. The van der Waals surface area contributed by atoms with Crippen LogP contribution in [0.15, 0.2) is 0 Å². The zero-order valence-corrected chi connectivity index (χ0v) is 9.72. The molecule has 0 fully saturated rings. The van der Waals surface area contributed by atoms with Crippen molar-refractivity contribution in [1.29, 1.82) is 0 Å². The van der Waals surface area contributed by atoms with Gasteiger partial charge in [0.2, 0.25) is 5.91 Å². The Labute approximate surface area is 88.3 Å². The van der Waals surface area contributed by atoms with E-state index in [9.17, 15) is 4.79 Å². The van der Waals surface area contributed by atoms with Gasteiger partial charge in [-0.2, -0.15) is 0 Å². The smallest absolute Gasteiger partial charge is 0.217 e. The van der Waals surface area contributed by atoms with Gasteiger partial charge in [0.15, 0.2) is 0 Å². The second kappa shape index (κ2) is 9.04. The summed E-state index contributed by atoms with van der Waals surface area (Å²) in [6, 6.07) is 0. The minimum Gasteiger partial charge on any atom is -0.370 e. The van der Waals surface area contributed by atoms with E-state index in [2.05, 4.69) is 13.8 Å². The first kappa shape index (κ1) is 13.5. The van der Waals surface area contributed by atoms with Gasteiger partial charge in [-0.1, -0.05) is 52.4 Å². The zero-order chi connectivity index (χ0) is 10.8. The molecule has 0 unspecified atom stereocenters. The lowest BCUT2D eigenvalue weighted by Gasteiger charge is -2.03. The lowest BCUT2D eigenvalue weighted by atomic mass is 10.0. The highest BCUT2D eigenvalue weighted by Crippen LogP contribution is 2.11. The first-order chi connectivity index (χ1) is 6.63. The Balaban J connectivity index is 2.96. The molecule has 14 heavy (non-hydrogen) atoms. The van der Waals surface area contributed by atoms with Crippen LogP contribution in [0.4, 0.5) is 0 Å². The molecule has 0 aromatic carbocycles. The Hall–Kier alpha value is -0.530. The van der Waals surface area contributed by atoms with Gasteiger partial charge in [0, 0.05) is 6.42 Å². The van der Waals surface area contributed by atoms with Gasteiger partial charge in [0.1, 0.15) is 0 Å². The third kappa shape index (κ3) is 11.5. The van der Waals surface area contributed by atoms with Crippen LogP contribution in [0.1, 0.15) is 65.2 Å². The molecule has 0 aliphatic heterocycles. The first-order valence-corrected chi connectivity index (χ1v) is 5.91. The van der Waals surface area contributed by atoms with Crippen molar-refractivity contribution >= 4 is 5.91 Å². The average molecular weight is 199 g/mol. The molecule has 0 saturated carbocycles. The number of carbonyl (C=O) groups excluding carboxylic acids is 1. The van der Waals surface area contributed by atoms with Crippen LogP contribution in [0.5, 0.6) is 0 Å². The van der Waals surface area contributed by atoms with Crippen molar-refractivity contribution < 1.29 is 4.79 Å². The van der Waals surface area contributed by atoms with E-state index in [0.29, 0.717) is 6.42 Å². The van der Waals surface area contributed by atoms with Crippen LogP contribution in [-0.4, -0.2) is 5.91 Å². The van der Waals surface area contributed by atoms with Crippen molar-refractivity contribution in [3.63, 3.8) is 0 Å². The summed E-state index contributed by atoms with van der Waals surface area (Å²) in [6.45, 7) is 4.54. The second-order valence-electron chi connectivity index (χ2n) is 4.52. The third-order valence-corrected chi connectivity index (χ3v) is 2.45. The summed E-state index contributed by atoms with van der Waals surface area (Å²) in [4.78, 5) is 10.4. The molecule has 0 aliphatic rings. The Morgan fingerprint density at radius 1 is 1.00 bits per heavy atom. The van der Waals surface area contributed by atoms with Crippen molar-refractivity contribution in [2.24, 2.45) is 11.7 Å². The average Bonchev–Trinajstić information content (AvgIpc) is 2.08. The van der Waals surface area contributed by atoms with Crippen molar-refractivity contribution in [1.82, 2.24) is 0 Å². The molecule has 0 aliphatic carbocycles. The van der Waals surface area contributed by atoms with Crippen molar-refractivity contribution in [2.75, 3.05) is 0 Å². The predicted molar refractivity (Wildman–Crippen MR) is 61.0 cm³/mol. The second-order valence-corrected chi connectivity index (χ2v) is 4.52. The predicted octanol–water partition coefficient (Wildman–Crippen LogP) is 3.25. The molecule has 0 heterocycles. The highest BCUT2D eigenvalue weighted by atomic mass is 16.1. The standard InChI is InChI=1S/C12H25NO/c1-11(2)9-7-5-3-4-6-8-10-12(13)14/h11H,3-10H2,1-2H3,(H2,13,14). The van der Waals surface area contributed by atoms with Crippen molar-refractivity contribution in [2.45, 2.75) is 65.2 Å². The summed E-state index contributed by atoms with van der Waals surface area (Å²) in [5, 5.41) is 0. The maximum Gasteiger partial charge on any atom is 0.217 e. The zero-order valence-electron chi connectivity index (χ0n) is 9.72. The van der Waals surface area contributed by atoms with Gasteiger partial charge in [-0.05, 0) is 12.3 Å². The fourth-order valence-corrected chi connectivity index (χ4v) is 1.56. The van der Waals surface area contributed by atoms with Crippen LogP contribution in [0.2, 0.25) is 0 Å². The summed E-state index contributed by atoms with van der Waals surface area (Å²) in [5.41, 5.74) is 5.05. The molecule has 1 amide bonds. The summed E-state index contributed by atoms with van der Waals surface area (Å²) >= 11 is 0. The van der Waals surface area contributed by atoms with E-state index < -0.39 is 0 Å². The highest BCUT2D eigenvalue weighted by molar-refractivity contribution is 5.73. The third-order valence-electron chi connectivity index (χ3n) is 2.45. The largest absolute Gasteiger partial charge is 0.370 e. The molecule has 0 radical (unpaired) electrons. The van der Waals surface area contributed by atoms with Crippen LogP contribution in [0, 0.1) is 5.92 Å². The molecule has 0 bridgehead atoms. The van der Waals surface area contributed by atoms with Gasteiger partial charge in [-0.15, -0.1) is 0 Å². The monoisotopic (exact) mass is 199 g/mol. The molecule has 0 spiro atoms. The van der Waals surface area contributed by atoms with E-state index >= 15 is 0 Å². The molecule has 84 valence electrons. The summed E-state index contributed by atoms with van der Waals surface area (Å²) in [7, 11) is 0. The van der Waals surface area contributed by atoms with Gasteiger partial charge >= 0.3 is 0 Å². The van der Waals surface area contributed by atoms with Gasteiger partial charge in [0.05, 0.1) is 0 Å². The summed E-state index contributed by atoms with van der Waals surface area (Å²) < 4.78 is 0. The Kier molecular flexibility index (Phi) is 8.70. The van der Waals surface area contributed by atoms with Gasteiger partial charge in [-0.3, -0.25) is 4.79 Å². The number of unbranched alkanes of at least 4 members (excludes halogenated alkanes) is 5. The Morgan fingerprint density at radius 3 is 2.00 bits per heavy atom. The Morgan fingerprint density at radius 2 is 1.50 bits per heavy atom. The van der Waals surface area contributed by atoms with Crippen LogP contribution < -0.4 is 5.73 Å². The molecular weight excluding hydrogens is 174 g/mol. The minimum atomic E-state index is -0.162. The summed E-state index contributed by atoms with van der Waals surface area (Å²) in [6.07, 6.45) is 9.30. The molecule has 2 N–H and O–H groups in total. The van der Waals surface area contributed by atoms with Crippen LogP contribution >= 0.6 is 0 Å². The molecule has 0 aromatic heterocycles. The SMILES string of the molecule is CC(C)CCCCCCCCC(N)=O. The lowest BCUT2D eigenvalue weighted by Crippen LogP contribution is -2.09. The fourth-order valence-electron chi connectivity index (χ4n) is 1.56. The topological polar surface area (TPSA) is 43.1 Å². The van der Waals surface area contributed by atoms with Crippen molar-refractivity contribution in [3.8, 4) is 0 Å². The maximum absolute atomic E-state index is 10.4. The maximum atomic E-state index is 10.4. The van der Waals surface area contributed by atoms with E-state index in [0.717, 1.165) is 18.8 Å². The fraction of sp³-hybridized carbons (Fsp3) is 0.917. The molecule has 2 heteroatoms. The van der Waals surface area contributed by atoms with E-state index in [-0.39, 0.29) is 5.91 Å². The molecule has 0 aromatic rings. The number of carbonyl (C=O) groups is 1.